The van der Waals surface area contributed by atoms with Crippen LogP contribution < -0.4 is 0 Å². The second-order valence-electron chi connectivity index (χ2n) is 6.46. The molecule has 1 spiro atoms. The van der Waals surface area contributed by atoms with E-state index in [0.717, 1.165) is 31.7 Å². The molecule has 2 heteroatoms. The Bertz CT molecular complexity index is 268. The van der Waals surface area contributed by atoms with Gasteiger partial charge < -0.3 is 4.79 Å². The number of hydrogen-bond donors (Lipinski definition) is 0. The minimum Gasteiger partial charge on any atom is -0.302 e. The summed E-state index contributed by atoms with van der Waals surface area (Å²) in [5.74, 6) is 0.823. The second kappa shape index (κ2) is 3.31. The molecule has 1 heterocycles. The summed E-state index contributed by atoms with van der Waals surface area (Å²) in [6, 6.07) is 0.197. The summed E-state index contributed by atoms with van der Waals surface area (Å²) >= 11 is 0. The first kappa shape index (κ1) is 11.1. The first-order valence-electron chi connectivity index (χ1n) is 6.12. The van der Waals surface area contributed by atoms with Crippen molar-refractivity contribution in [2.45, 2.75) is 46.6 Å². The molecule has 0 radical (unpaired) electrons. The predicted octanol–water partition coefficient (Wildman–Crippen LogP) is 2.33. The summed E-state index contributed by atoms with van der Waals surface area (Å²) in [6.07, 6.45) is 3.58. The number of carbonyl (C=O) groups is 1. The number of aldehydes is 1. The number of likely N-dealkylation sites (tertiary alicyclic amines) is 1. The summed E-state index contributed by atoms with van der Waals surface area (Å²) in [6.45, 7) is 11.3. The highest BCUT2D eigenvalue weighted by atomic mass is 16.1. The molecule has 2 fully saturated rings. The van der Waals surface area contributed by atoms with Crippen LogP contribution in [0, 0.1) is 16.7 Å². The van der Waals surface area contributed by atoms with Gasteiger partial charge >= 0.3 is 0 Å². The van der Waals surface area contributed by atoms with Crippen molar-refractivity contribution in [1.29, 1.82) is 0 Å². The Hall–Kier alpha value is -0.370. The molecule has 1 saturated carbocycles. The van der Waals surface area contributed by atoms with E-state index in [0.29, 0.717) is 10.8 Å². The molecule has 0 aromatic heterocycles. The molecule has 0 bridgehead atoms. The lowest BCUT2D eigenvalue weighted by Gasteiger charge is -2.22. The molecule has 3 atom stereocenters. The fourth-order valence-corrected chi connectivity index (χ4v) is 3.59. The molecule has 15 heavy (non-hydrogen) atoms. The molecule has 2 aliphatic rings. The summed E-state index contributed by atoms with van der Waals surface area (Å²) in [5.41, 5.74) is 0.900. The number of rotatable bonds is 2. The maximum Gasteiger partial charge on any atom is 0.137 e. The van der Waals surface area contributed by atoms with E-state index in [2.05, 4.69) is 32.6 Å². The maximum atomic E-state index is 11.0. The molecular formula is C13H23NO. The van der Waals surface area contributed by atoms with Crippen LogP contribution in [0.4, 0.5) is 0 Å². The van der Waals surface area contributed by atoms with Crippen LogP contribution in [-0.2, 0) is 4.79 Å². The van der Waals surface area contributed by atoms with Gasteiger partial charge in [0.1, 0.15) is 6.29 Å². The monoisotopic (exact) mass is 209 g/mol. The number of hydrogen-bond acceptors (Lipinski definition) is 2. The van der Waals surface area contributed by atoms with Crippen molar-refractivity contribution in [2.24, 2.45) is 16.7 Å². The minimum atomic E-state index is 0.197. The van der Waals surface area contributed by atoms with Gasteiger partial charge in [-0.3, -0.25) is 4.90 Å². The summed E-state index contributed by atoms with van der Waals surface area (Å²) in [4.78, 5) is 13.4. The molecule has 2 rings (SSSR count). The zero-order chi connectivity index (χ0) is 11.3. The first-order valence-corrected chi connectivity index (χ1v) is 6.12. The van der Waals surface area contributed by atoms with Crippen molar-refractivity contribution in [3.05, 3.63) is 0 Å². The van der Waals surface area contributed by atoms with Gasteiger partial charge in [-0.15, -0.1) is 0 Å². The predicted molar refractivity (Wildman–Crippen MR) is 61.7 cm³/mol. The van der Waals surface area contributed by atoms with Crippen LogP contribution in [0.15, 0.2) is 0 Å². The van der Waals surface area contributed by atoms with E-state index >= 15 is 0 Å². The van der Waals surface area contributed by atoms with Gasteiger partial charge in [-0.1, -0.05) is 27.7 Å². The molecule has 0 aromatic rings. The normalized spacial score (nSPS) is 41.1. The van der Waals surface area contributed by atoms with E-state index in [1.54, 1.807) is 0 Å². The Morgan fingerprint density at radius 3 is 2.40 bits per heavy atom. The maximum absolute atomic E-state index is 11.0. The van der Waals surface area contributed by atoms with Gasteiger partial charge in [0.25, 0.3) is 0 Å². The molecule has 1 unspecified atom stereocenters. The van der Waals surface area contributed by atoms with E-state index in [-0.39, 0.29) is 6.04 Å². The number of carbonyl (C=O) groups excluding carboxylic acids is 1. The Labute approximate surface area is 93.0 Å². The summed E-state index contributed by atoms with van der Waals surface area (Å²) in [7, 11) is 0. The van der Waals surface area contributed by atoms with Crippen LogP contribution in [0.5, 0.6) is 0 Å². The van der Waals surface area contributed by atoms with E-state index in [4.69, 9.17) is 0 Å². The Balaban J connectivity index is 2.07. The standard InChI is InChI=1S/C13H23NO/c1-5-14-9-13(6-10(14)8-15)7-11(13)12(2,3)4/h8,10-11H,5-7,9H2,1-4H3/t10-,11?,13-/m0/s1. The second-order valence-corrected chi connectivity index (χ2v) is 6.46. The van der Waals surface area contributed by atoms with Gasteiger partial charge in [-0.2, -0.15) is 0 Å². The van der Waals surface area contributed by atoms with Gasteiger partial charge in [0.05, 0.1) is 6.04 Å². The van der Waals surface area contributed by atoms with Gasteiger partial charge in [-0.05, 0) is 36.1 Å². The van der Waals surface area contributed by atoms with Crippen LogP contribution in [0.2, 0.25) is 0 Å². The number of likely N-dealkylation sites (N-methyl/N-ethyl adjacent to an activating group) is 1. The summed E-state index contributed by atoms with van der Waals surface area (Å²) < 4.78 is 0. The van der Waals surface area contributed by atoms with Gasteiger partial charge in [0, 0.05) is 6.54 Å². The molecule has 1 aliphatic heterocycles. The van der Waals surface area contributed by atoms with Gasteiger partial charge in [0.2, 0.25) is 0 Å². The van der Waals surface area contributed by atoms with E-state index in [9.17, 15) is 4.79 Å². The third kappa shape index (κ3) is 1.73. The molecule has 0 N–H and O–H groups in total. The zero-order valence-corrected chi connectivity index (χ0v) is 10.4. The lowest BCUT2D eigenvalue weighted by molar-refractivity contribution is -0.111. The molecule has 0 aromatic carbocycles. The SMILES string of the molecule is CCN1C[C@@]2(CC2C(C)(C)C)C[C@H]1C=O. The van der Waals surface area contributed by atoms with E-state index in [1.807, 2.05) is 0 Å². The smallest absolute Gasteiger partial charge is 0.137 e. The summed E-state index contributed by atoms with van der Waals surface area (Å²) in [5, 5.41) is 0. The van der Waals surface area contributed by atoms with Crippen molar-refractivity contribution >= 4 is 6.29 Å². The van der Waals surface area contributed by atoms with Crippen LogP contribution in [0.25, 0.3) is 0 Å². The van der Waals surface area contributed by atoms with E-state index < -0.39 is 0 Å². The molecule has 2 nitrogen and oxygen atoms in total. The number of nitrogens with zero attached hydrogens (tertiary/aromatic N) is 1. The topological polar surface area (TPSA) is 20.3 Å². The van der Waals surface area contributed by atoms with Crippen LogP contribution in [-0.4, -0.2) is 30.3 Å². The molecule has 0 amide bonds. The molecule has 86 valence electrons. The fourth-order valence-electron chi connectivity index (χ4n) is 3.59. The lowest BCUT2D eigenvalue weighted by atomic mass is 9.84. The Morgan fingerprint density at radius 1 is 1.40 bits per heavy atom. The highest BCUT2D eigenvalue weighted by molar-refractivity contribution is 5.59. The van der Waals surface area contributed by atoms with Crippen LogP contribution in [0.1, 0.15) is 40.5 Å². The molecule has 1 aliphatic carbocycles. The highest BCUT2D eigenvalue weighted by Crippen LogP contribution is 2.66. The lowest BCUT2D eigenvalue weighted by Crippen LogP contribution is -2.30. The van der Waals surface area contributed by atoms with E-state index in [1.165, 1.54) is 6.42 Å². The van der Waals surface area contributed by atoms with Crippen molar-refractivity contribution in [2.75, 3.05) is 13.1 Å². The van der Waals surface area contributed by atoms with Crippen LogP contribution in [0.3, 0.4) is 0 Å². The molecule has 1 saturated heterocycles. The Kier molecular flexibility index (Phi) is 2.45. The largest absolute Gasteiger partial charge is 0.302 e. The van der Waals surface area contributed by atoms with Crippen LogP contribution >= 0.6 is 0 Å². The quantitative estimate of drug-likeness (QED) is 0.651. The first-order chi connectivity index (χ1) is 6.93. The molecular weight excluding hydrogens is 186 g/mol. The average molecular weight is 209 g/mol. The fraction of sp³-hybridized carbons (Fsp3) is 0.923. The zero-order valence-electron chi connectivity index (χ0n) is 10.4. The third-order valence-electron chi connectivity index (χ3n) is 4.40. The van der Waals surface area contributed by atoms with Crippen molar-refractivity contribution in [1.82, 2.24) is 4.90 Å². The Morgan fingerprint density at radius 2 is 2.07 bits per heavy atom. The average Bonchev–Trinajstić information content (AvgIpc) is 2.71. The van der Waals surface area contributed by atoms with Crippen molar-refractivity contribution in [3.63, 3.8) is 0 Å². The van der Waals surface area contributed by atoms with Gasteiger partial charge in [-0.25, -0.2) is 0 Å². The minimum absolute atomic E-state index is 0.197. The van der Waals surface area contributed by atoms with Gasteiger partial charge in [0.15, 0.2) is 0 Å². The highest BCUT2D eigenvalue weighted by Gasteiger charge is 2.62. The van der Waals surface area contributed by atoms with Crippen molar-refractivity contribution < 1.29 is 4.79 Å². The third-order valence-corrected chi connectivity index (χ3v) is 4.40. The van der Waals surface area contributed by atoms with Crippen molar-refractivity contribution in [3.8, 4) is 0 Å².